The van der Waals surface area contributed by atoms with Gasteiger partial charge in [-0.15, -0.1) is 0 Å². The molecule has 0 amide bonds. The van der Waals surface area contributed by atoms with Crippen LogP contribution < -0.4 is 4.90 Å². The molecule has 0 unspecified atom stereocenters. The first-order chi connectivity index (χ1) is 27.2. The molecule has 0 radical (unpaired) electrons. The Balaban J connectivity index is 0.947. The van der Waals surface area contributed by atoms with Gasteiger partial charge in [-0.25, -0.2) is 0 Å². The quantitative estimate of drug-likeness (QED) is 0.173. The normalized spacial score (nSPS) is 11.6. The fourth-order valence-corrected chi connectivity index (χ4v) is 8.06. The maximum atomic E-state index is 6.20. The summed E-state index contributed by atoms with van der Waals surface area (Å²) in [5.41, 5.74) is 13.9. The van der Waals surface area contributed by atoms with Crippen molar-refractivity contribution in [3.05, 3.63) is 200 Å². The summed E-state index contributed by atoms with van der Waals surface area (Å²) in [7, 11) is 0. The van der Waals surface area contributed by atoms with Gasteiger partial charge >= 0.3 is 0 Å². The molecule has 0 saturated heterocycles. The van der Waals surface area contributed by atoms with E-state index in [1.165, 1.54) is 38.6 Å². The van der Waals surface area contributed by atoms with Crippen molar-refractivity contribution in [2.45, 2.75) is 0 Å². The van der Waals surface area contributed by atoms with Crippen LogP contribution in [-0.2, 0) is 0 Å². The maximum Gasteiger partial charge on any atom is 0.135 e. The molecule has 3 heteroatoms. The first-order valence-electron chi connectivity index (χ1n) is 18.6. The monoisotopic (exact) mass is 703 g/mol. The third-order valence-corrected chi connectivity index (χ3v) is 10.9. The molecule has 0 N–H and O–H groups in total. The van der Waals surface area contributed by atoms with E-state index in [0.29, 0.717) is 0 Å². The molecule has 258 valence electrons. The number of fused-ring (bicyclic) bond motifs is 7. The molecule has 2 heterocycles. The van der Waals surface area contributed by atoms with Crippen LogP contribution in [0.15, 0.2) is 209 Å². The van der Waals surface area contributed by atoms with E-state index >= 15 is 0 Å². The number of anilines is 3. The van der Waals surface area contributed by atoms with Gasteiger partial charge in [0.2, 0.25) is 0 Å². The highest BCUT2D eigenvalue weighted by atomic mass is 16.3. The molecule has 11 aromatic rings. The predicted octanol–water partition coefficient (Wildman–Crippen LogP) is 15.1. The highest BCUT2D eigenvalue weighted by Gasteiger charge is 2.18. The van der Waals surface area contributed by atoms with E-state index in [2.05, 4.69) is 181 Å². The van der Waals surface area contributed by atoms with Crippen LogP contribution in [0.3, 0.4) is 0 Å². The van der Waals surface area contributed by atoms with Crippen LogP contribution in [0.2, 0.25) is 0 Å². The van der Waals surface area contributed by atoms with Crippen molar-refractivity contribution < 1.29 is 8.83 Å². The van der Waals surface area contributed by atoms with E-state index in [0.717, 1.165) is 66.5 Å². The number of rotatable bonds is 6. The summed E-state index contributed by atoms with van der Waals surface area (Å²) < 4.78 is 12.4. The van der Waals surface area contributed by atoms with Crippen molar-refractivity contribution in [2.24, 2.45) is 0 Å². The fraction of sp³-hybridized carbons (Fsp3) is 0. The van der Waals surface area contributed by atoms with Crippen LogP contribution in [0.25, 0.3) is 88.0 Å². The summed E-state index contributed by atoms with van der Waals surface area (Å²) in [4.78, 5) is 2.32. The SMILES string of the molecule is c1cc(-c2ccc(-c3ccc(N(c4ccc5oc6ccccc6c5c4)c4ccc5oc6ccccc6c5c4)cc3)cc2)cc(-c2ccc3ccccc3c2)c1. The zero-order valence-electron chi connectivity index (χ0n) is 29.8. The number of para-hydroxylation sites is 2. The van der Waals surface area contributed by atoms with Gasteiger partial charge in [-0.2, -0.15) is 0 Å². The minimum absolute atomic E-state index is 0.875. The number of hydrogen-bond acceptors (Lipinski definition) is 3. The molecule has 0 bridgehead atoms. The van der Waals surface area contributed by atoms with Crippen molar-refractivity contribution in [3.8, 4) is 33.4 Å². The Morgan fingerprint density at radius 1 is 0.255 bits per heavy atom. The van der Waals surface area contributed by atoms with Crippen LogP contribution in [0.4, 0.5) is 17.1 Å². The predicted molar refractivity (Wildman–Crippen MR) is 229 cm³/mol. The molecule has 0 aliphatic carbocycles. The molecule has 0 spiro atoms. The second-order valence-corrected chi connectivity index (χ2v) is 14.2. The Bertz CT molecular complexity index is 3090. The van der Waals surface area contributed by atoms with E-state index in [9.17, 15) is 0 Å². The van der Waals surface area contributed by atoms with E-state index in [4.69, 9.17) is 8.83 Å². The summed E-state index contributed by atoms with van der Waals surface area (Å²) in [5, 5.41) is 6.90. The van der Waals surface area contributed by atoms with Gasteiger partial charge in [0, 0.05) is 38.6 Å². The lowest BCUT2D eigenvalue weighted by atomic mass is 9.96. The molecule has 0 saturated carbocycles. The molecule has 0 atom stereocenters. The van der Waals surface area contributed by atoms with Crippen molar-refractivity contribution in [1.82, 2.24) is 0 Å². The van der Waals surface area contributed by atoms with Gasteiger partial charge in [0.05, 0.1) is 0 Å². The molecule has 0 fully saturated rings. The topological polar surface area (TPSA) is 29.5 Å². The lowest BCUT2D eigenvalue weighted by Gasteiger charge is -2.26. The standard InChI is InChI=1S/C52H33NO2/c1-2-9-38-31-41(21-20-34(38)8-1)40-11-7-10-39(30-40)37-18-16-35(17-19-37)36-22-24-42(25-23-36)53(43-26-28-51-47(32-43)45-12-3-5-14-49(45)54-51)44-27-29-52-48(33-44)46-13-4-6-15-50(46)55-52/h1-33H. The van der Waals surface area contributed by atoms with Gasteiger partial charge in [-0.1, -0.05) is 127 Å². The summed E-state index contributed by atoms with van der Waals surface area (Å²) in [5.74, 6) is 0. The first-order valence-corrected chi connectivity index (χ1v) is 18.6. The van der Waals surface area contributed by atoms with Gasteiger partial charge < -0.3 is 13.7 Å². The molecular weight excluding hydrogens is 671 g/mol. The number of nitrogens with zero attached hydrogens (tertiary/aromatic N) is 1. The van der Waals surface area contributed by atoms with Crippen LogP contribution in [0.5, 0.6) is 0 Å². The largest absolute Gasteiger partial charge is 0.456 e. The number of hydrogen-bond donors (Lipinski definition) is 0. The highest BCUT2D eigenvalue weighted by Crippen LogP contribution is 2.42. The summed E-state index contributed by atoms with van der Waals surface area (Å²) in [6, 6.07) is 71.2. The number of furan rings is 2. The second kappa shape index (κ2) is 12.6. The number of benzene rings is 9. The van der Waals surface area contributed by atoms with Crippen LogP contribution in [-0.4, -0.2) is 0 Å². The van der Waals surface area contributed by atoms with Gasteiger partial charge in [0.15, 0.2) is 0 Å². The van der Waals surface area contributed by atoms with Crippen molar-refractivity contribution in [2.75, 3.05) is 4.90 Å². The lowest BCUT2D eigenvalue weighted by molar-refractivity contribution is 0.668. The average Bonchev–Trinajstić information content (AvgIpc) is 3.82. The molecule has 9 aromatic carbocycles. The zero-order valence-corrected chi connectivity index (χ0v) is 29.8. The maximum absolute atomic E-state index is 6.20. The molecule has 0 aliphatic rings. The minimum atomic E-state index is 0.875. The van der Waals surface area contributed by atoms with E-state index < -0.39 is 0 Å². The van der Waals surface area contributed by atoms with Crippen LogP contribution >= 0.6 is 0 Å². The van der Waals surface area contributed by atoms with Crippen molar-refractivity contribution in [3.63, 3.8) is 0 Å². The van der Waals surface area contributed by atoms with E-state index in [-0.39, 0.29) is 0 Å². The third kappa shape index (κ3) is 5.45. The van der Waals surface area contributed by atoms with Crippen molar-refractivity contribution in [1.29, 1.82) is 0 Å². The van der Waals surface area contributed by atoms with Gasteiger partial charge in [0.1, 0.15) is 22.3 Å². The Kier molecular flexibility index (Phi) is 7.17. The summed E-state index contributed by atoms with van der Waals surface area (Å²) >= 11 is 0. The van der Waals surface area contributed by atoms with Crippen molar-refractivity contribution >= 4 is 71.7 Å². The van der Waals surface area contributed by atoms with Crippen LogP contribution in [0.1, 0.15) is 0 Å². The zero-order chi connectivity index (χ0) is 36.3. The van der Waals surface area contributed by atoms with Gasteiger partial charge in [-0.05, 0) is 117 Å². The third-order valence-electron chi connectivity index (χ3n) is 10.9. The molecular formula is C52H33NO2. The first kappa shape index (κ1) is 31.2. The Morgan fingerprint density at radius 3 is 1.31 bits per heavy atom. The Labute approximate surface area is 317 Å². The Hall–Kier alpha value is -7.36. The summed E-state index contributed by atoms with van der Waals surface area (Å²) in [6.45, 7) is 0. The fourth-order valence-electron chi connectivity index (χ4n) is 8.06. The lowest BCUT2D eigenvalue weighted by Crippen LogP contribution is -2.09. The second-order valence-electron chi connectivity index (χ2n) is 14.2. The molecule has 55 heavy (non-hydrogen) atoms. The average molecular weight is 704 g/mol. The van der Waals surface area contributed by atoms with E-state index in [1.807, 2.05) is 24.3 Å². The molecule has 0 aliphatic heterocycles. The molecule has 11 rings (SSSR count). The highest BCUT2D eigenvalue weighted by molar-refractivity contribution is 6.08. The summed E-state index contributed by atoms with van der Waals surface area (Å²) in [6.07, 6.45) is 0. The van der Waals surface area contributed by atoms with Gasteiger partial charge in [-0.3, -0.25) is 0 Å². The Morgan fingerprint density at radius 2 is 0.691 bits per heavy atom. The molecule has 3 nitrogen and oxygen atoms in total. The minimum Gasteiger partial charge on any atom is -0.456 e. The smallest absolute Gasteiger partial charge is 0.135 e. The molecule has 2 aromatic heterocycles. The van der Waals surface area contributed by atoms with E-state index in [1.54, 1.807) is 0 Å². The van der Waals surface area contributed by atoms with Crippen LogP contribution in [0, 0.1) is 0 Å². The van der Waals surface area contributed by atoms with Gasteiger partial charge in [0.25, 0.3) is 0 Å².